The largest absolute Gasteiger partial charge is 0.329 e. The van der Waals surface area contributed by atoms with Crippen LogP contribution in [-0.2, 0) is 6.54 Å². The zero-order valence-corrected chi connectivity index (χ0v) is 9.86. The van der Waals surface area contributed by atoms with E-state index in [1.54, 1.807) is 11.3 Å². The van der Waals surface area contributed by atoms with Crippen molar-refractivity contribution in [3.63, 3.8) is 0 Å². The molecule has 1 aromatic heterocycles. The van der Waals surface area contributed by atoms with Gasteiger partial charge in [0.1, 0.15) is 0 Å². The highest BCUT2D eigenvalue weighted by Crippen LogP contribution is 2.14. The highest BCUT2D eigenvalue weighted by Gasteiger charge is 2.19. The standard InChI is InChI=1S/C11H20N2S/c1-3-6-11(2,9-12)13-8-10-5-4-7-14-10/h4-5,7,13H,3,6,8-9,12H2,1-2H3. The third-order valence-corrected chi connectivity index (χ3v) is 3.40. The third kappa shape index (κ3) is 3.40. The quantitative estimate of drug-likeness (QED) is 0.759. The van der Waals surface area contributed by atoms with E-state index in [9.17, 15) is 0 Å². The molecule has 0 aliphatic carbocycles. The predicted molar refractivity (Wildman–Crippen MR) is 63.5 cm³/mol. The monoisotopic (exact) mass is 212 g/mol. The van der Waals surface area contributed by atoms with Gasteiger partial charge >= 0.3 is 0 Å². The van der Waals surface area contributed by atoms with E-state index in [0.717, 1.165) is 13.0 Å². The van der Waals surface area contributed by atoms with Crippen molar-refractivity contribution >= 4 is 11.3 Å². The summed E-state index contributed by atoms with van der Waals surface area (Å²) in [6.07, 6.45) is 2.31. The highest BCUT2D eigenvalue weighted by atomic mass is 32.1. The van der Waals surface area contributed by atoms with Crippen LogP contribution in [-0.4, -0.2) is 12.1 Å². The van der Waals surface area contributed by atoms with Crippen LogP contribution in [0.1, 0.15) is 31.6 Å². The molecule has 1 rings (SSSR count). The summed E-state index contributed by atoms with van der Waals surface area (Å²) >= 11 is 1.79. The second-order valence-electron chi connectivity index (χ2n) is 3.95. The maximum Gasteiger partial charge on any atom is 0.0305 e. The van der Waals surface area contributed by atoms with Gasteiger partial charge in [0.05, 0.1) is 0 Å². The molecule has 0 radical (unpaired) electrons. The lowest BCUT2D eigenvalue weighted by molar-refractivity contribution is 0.335. The van der Waals surface area contributed by atoms with Gasteiger partial charge in [0.15, 0.2) is 0 Å². The van der Waals surface area contributed by atoms with Crippen molar-refractivity contribution in [2.24, 2.45) is 5.73 Å². The van der Waals surface area contributed by atoms with Gasteiger partial charge in [-0.05, 0) is 24.8 Å². The summed E-state index contributed by atoms with van der Waals surface area (Å²) in [4.78, 5) is 1.38. The lowest BCUT2D eigenvalue weighted by Gasteiger charge is -2.29. The van der Waals surface area contributed by atoms with E-state index in [0.29, 0.717) is 6.54 Å². The van der Waals surface area contributed by atoms with Gasteiger partial charge in [0, 0.05) is 23.5 Å². The van der Waals surface area contributed by atoms with Crippen molar-refractivity contribution in [1.29, 1.82) is 0 Å². The molecule has 1 heterocycles. The molecule has 80 valence electrons. The number of thiophene rings is 1. The molecule has 1 atom stereocenters. The van der Waals surface area contributed by atoms with E-state index >= 15 is 0 Å². The van der Waals surface area contributed by atoms with Crippen molar-refractivity contribution in [2.75, 3.05) is 6.54 Å². The fraction of sp³-hybridized carbons (Fsp3) is 0.636. The van der Waals surface area contributed by atoms with Gasteiger partial charge in [-0.15, -0.1) is 11.3 Å². The SMILES string of the molecule is CCCC(C)(CN)NCc1cccs1. The van der Waals surface area contributed by atoms with Crippen LogP contribution in [0, 0.1) is 0 Å². The topological polar surface area (TPSA) is 38.0 Å². The Balaban J connectivity index is 2.41. The lowest BCUT2D eigenvalue weighted by Crippen LogP contribution is -2.47. The van der Waals surface area contributed by atoms with Gasteiger partial charge in [-0.25, -0.2) is 0 Å². The Morgan fingerprint density at radius 3 is 2.86 bits per heavy atom. The smallest absolute Gasteiger partial charge is 0.0305 e. The van der Waals surface area contributed by atoms with Gasteiger partial charge in [0.2, 0.25) is 0 Å². The molecule has 3 N–H and O–H groups in total. The first-order valence-corrected chi connectivity index (χ1v) is 6.05. The average molecular weight is 212 g/mol. The van der Waals surface area contributed by atoms with Gasteiger partial charge in [-0.3, -0.25) is 0 Å². The summed E-state index contributed by atoms with van der Waals surface area (Å²) in [7, 11) is 0. The molecular formula is C11H20N2S. The molecule has 0 saturated carbocycles. The Labute approximate surface area is 90.5 Å². The van der Waals surface area contributed by atoms with E-state index in [1.165, 1.54) is 11.3 Å². The Bertz CT molecular complexity index is 246. The summed E-state index contributed by atoms with van der Waals surface area (Å²) in [6, 6.07) is 4.24. The van der Waals surface area contributed by atoms with Crippen molar-refractivity contribution in [3.05, 3.63) is 22.4 Å². The van der Waals surface area contributed by atoms with Crippen LogP contribution in [0.5, 0.6) is 0 Å². The second kappa shape index (κ2) is 5.49. The van der Waals surface area contributed by atoms with Crippen LogP contribution in [0.25, 0.3) is 0 Å². The van der Waals surface area contributed by atoms with Crippen LogP contribution in [0.2, 0.25) is 0 Å². The van der Waals surface area contributed by atoms with E-state index in [1.807, 2.05) is 0 Å². The van der Waals surface area contributed by atoms with Gasteiger partial charge in [-0.2, -0.15) is 0 Å². The average Bonchev–Trinajstić information content (AvgIpc) is 2.68. The zero-order chi connectivity index (χ0) is 10.4. The van der Waals surface area contributed by atoms with Crippen molar-refractivity contribution in [3.8, 4) is 0 Å². The third-order valence-electron chi connectivity index (χ3n) is 2.52. The molecule has 14 heavy (non-hydrogen) atoms. The van der Waals surface area contributed by atoms with E-state index in [2.05, 4.69) is 36.7 Å². The van der Waals surface area contributed by atoms with Crippen LogP contribution in [0.15, 0.2) is 17.5 Å². The first kappa shape index (κ1) is 11.7. The van der Waals surface area contributed by atoms with Gasteiger partial charge < -0.3 is 11.1 Å². The second-order valence-corrected chi connectivity index (χ2v) is 4.98. The van der Waals surface area contributed by atoms with Crippen LogP contribution in [0.3, 0.4) is 0 Å². The summed E-state index contributed by atoms with van der Waals surface area (Å²) < 4.78 is 0. The first-order chi connectivity index (χ1) is 6.70. The first-order valence-electron chi connectivity index (χ1n) is 5.17. The van der Waals surface area contributed by atoms with Crippen LogP contribution < -0.4 is 11.1 Å². The number of rotatable bonds is 6. The molecule has 0 aromatic carbocycles. The lowest BCUT2D eigenvalue weighted by atomic mass is 9.96. The maximum atomic E-state index is 5.77. The molecule has 3 heteroatoms. The minimum Gasteiger partial charge on any atom is -0.329 e. The normalized spacial score (nSPS) is 15.4. The zero-order valence-electron chi connectivity index (χ0n) is 9.05. The Morgan fingerprint density at radius 1 is 1.57 bits per heavy atom. The summed E-state index contributed by atoms with van der Waals surface area (Å²) in [5, 5.41) is 5.64. The van der Waals surface area contributed by atoms with E-state index in [-0.39, 0.29) is 5.54 Å². The van der Waals surface area contributed by atoms with Crippen LogP contribution in [0.4, 0.5) is 0 Å². The van der Waals surface area contributed by atoms with Crippen molar-refractivity contribution < 1.29 is 0 Å². The summed E-state index contributed by atoms with van der Waals surface area (Å²) in [6.45, 7) is 6.03. The molecule has 0 saturated heterocycles. The van der Waals surface area contributed by atoms with Crippen molar-refractivity contribution in [1.82, 2.24) is 5.32 Å². The van der Waals surface area contributed by atoms with Gasteiger partial charge in [-0.1, -0.05) is 19.4 Å². The molecule has 1 aromatic rings. The van der Waals surface area contributed by atoms with Crippen molar-refractivity contribution in [2.45, 2.75) is 38.8 Å². The molecule has 0 aliphatic rings. The van der Waals surface area contributed by atoms with Crippen LogP contribution >= 0.6 is 11.3 Å². The summed E-state index contributed by atoms with van der Waals surface area (Å²) in [5.74, 6) is 0. The molecule has 2 nitrogen and oxygen atoms in total. The molecule has 0 amide bonds. The molecular weight excluding hydrogens is 192 g/mol. The Kier molecular flexibility index (Phi) is 4.58. The number of hydrogen-bond acceptors (Lipinski definition) is 3. The minimum absolute atomic E-state index is 0.0960. The predicted octanol–water partition coefficient (Wildman–Crippen LogP) is 2.36. The molecule has 1 unspecified atom stereocenters. The maximum absolute atomic E-state index is 5.77. The number of nitrogens with two attached hydrogens (primary N) is 1. The number of hydrogen-bond donors (Lipinski definition) is 2. The van der Waals surface area contributed by atoms with E-state index in [4.69, 9.17) is 5.73 Å². The Hall–Kier alpha value is -0.380. The van der Waals surface area contributed by atoms with E-state index < -0.39 is 0 Å². The van der Waals surface area contributed by atoms with Gasteiger partial charge in [0.25, 0.3) is 0 Å². The number of nitrogens with one attached hydrogen (secondary N) is 1. The fourth-order valence-corrected chi connectivity index (χ4v) is 2.17. The minimum atomic E-state index is 0.0960. The molecule has 0 fully saturated rings. The molecule has 0 bridgehead atoms. The summed E-state index contributed by atoms with van der Waals surface area (Å²) in [5.41, 5.74) is 5.87. The molecule has 0 spiro atoms. The highest BCUT2D eigenvalue weighted by molar-refractivity contribution is 7.09. The molecule has 0 aliphatic heterocycles. The Morgan fingerprint density at radius 2 is 2.36 bits per heavy atom. The fourth-order valence-electron chi connectivity index (χ4n) is 1.53.